The van der Waals surface area contributed by atoms with E-state index in [4.69, 9.17) is 9.47 Å². The maximum absolute atomic E-state index is 12.1. The Kier molecular flexibility index (Phi) is 8.74. The van der Waals surface area contributed by atoms with Crippen molar-refractivity contribution in [3.63, 3.8) is 0 Å². The molecule has 0 fully saturated rings. The van der Waals surface area contributed by atoms with Gasteiger partial charge in [0, 0.05) is 23.0 Å². The van der Waals surface area contributed by atoms with Crippen LogP contribution in [0.4, 0.5) is 0 Å². The Morgan fingerprint density at radius 2 is 1.91 bits per heavy atom. The first-order chi connectivity index (χ1) is 15.7. The third-order valence-corrected chi connectivity index (χ3v) is 5.54. The summed E-state index contributed by atoms with van der Waals surface area (Å²) in [4.78, 5) is 20.1. The van der Waals surface area contributed by atoms with Crippen LogP contribution in [0, 0.1) is 0 Å². The second kappa shape index (κ2) is 11.5. The molecule has 0 atom stereocenters. The number of amides is 1. The fourth-order valence-electron chi connectivity index (χ4n) is 3.42. The zero-order valence-corrected chi connectivity index (χ0v) is 21.3. The molecule has 0 saturated heterocycles. The van der Waals surface area contributed by atoms with Crippen molar-refractivity contribution in [2.75, 3.05) is 19.8 Å². The van der Waals surface area contributed by atoms with Crippen LogP contribution in [0.5, 0.6) is 11.5 Å². The smallest absolute Gasteiger partial charge is 0.258 e. The van der Waals surface area contributed by atoms with Crippen molar-refractivity contribution in [3.8, 4) is 11.5 Å². The molecule has 1 aromatic heterocycles. The molecule has 8 heteroatoms. The first-order valence-electron chi connectivity index (χ1n) is 11.3. The van der Waals surface area contributed by atoms with Crippen LogP contribution in [0.3, 0.4) is 0 Å². The molecule has 0 radical (unpaired) electrons. The van der Waals surface area contributed by atoms with Gasteiger partial charge in [-0.15, -0.1) is 0 Å². The molecule has 7 nitrogen and oxygen atoms in total. The monoisotopic (exact) mass is 516 g/mol. The molecular weight excluding hydrogens is 484 g/mol. The molecule has 0 aliphatic heterocycles. The summed E-state index contributed by atoms with van der Waals surface area (Å²) >= 11 is 3.62. The highest BCUT2D eigenvalue weighted by Gasteiger charge is 2.16. The third-order valence-electron chi connectivity index (χ3n) is 4.81. The molecule has 0 saturated carbocycles. The van der Waals surface area contributed by atoms with E-state index in [-0.39, 0.29) is 18.1 Å². The molecule has 3 aromatic rings. The van der Waals surface area contributed by atoms with Crippen molar-refractivity contribution in [1.82, 2.24) is 20.6 Å². The van der Waals surface area contributed by atoms with Gasteiger partial charge in [-0.1, -0.05) is 28.1 Å². The standard InChI is InChI=1S/C25H33BrN4O3/c1-5-32-21-13-17(18(26)14-22(21)33-16-24(31)30-25(2,3)4)15-27-12-8-11-23-28-19-9-6-7-10-20(19)29-23/h6-7,9-10,13-14,27H,5,8,11-12,15-16H2,1-4H3,(H,28,29)(H,30,31). The molecule has 2 aromatic carbocycles. The number of ether oxygens (including phenoxy) is 2. The Morgan fingerprint density at radius 1 is 1.15 bits per heavy atom. The maximum Gasteiger partial charge on any atom is 0.258 e. The van der Waals surface area contributed by atoms with Crippen molar-refractivity contribution in [1.29, 1.82) is 0 Å². The fraction of sp³-hybridized carbons (Fsp3) is 0.440. The Morgan fingerprint density at radius 3 is 2.64 bits per heavy atom. The number of aromatic amines is 1. The number of rotatable bonds is 11. The number of aromatic nitrogens is 2. The normalized spacial score (nSPS) is 11.5. The SMILES string of the molecule is CCOc1cc(CNCCCc2nc3ccccc3[nH]2)c(Br)cc1OCC(=O)NC(C)(C)C. The first kappa shape index (κ1) is 25.1. The largest absolute Gasteiger partial charge is 0.490 e. The van der Waals surface area contributed by atoms with Gasteiger partial charge in [-0.2, -0.15) is 0 Å². The summed E-state index contributed by atoms with van der Waals surface area (Å²) in [6, 6.07) is 11.9. The predicted molar refractivity (Wildman–Crippen MR) is 135 cm³/mol. The van der Waals surface area contributed by atoms with Crippen LogP contribution in [0.2, 0.25) is 0 Å². The van der Waals surface area contributed by atoms with E-state index in [1.54, 1.807) is 0 Å². The minimum absolute atomic E-state index is 0.0663. The second-order valence-electron chi connectivity index (χ2n) is 8.89. The van der Waals surface area contributed by atoms with Gasteiger partial charge in [0.05, 0.1) is 17.6 Å². The number of nitrogens with one attached hydrogen (secondary N) is 3. The predicted octanol–water partition coefficient (Wildman–Crippen LogP) is 4.74. The first-order valence-corrected chi connectivity index (χ1v) is 12.1. The highest BCUT2D eigenvalue weighted by Crippen LogP contribution is 2.34. The summed E-state index contributed by atoms with van der Waals surface area (Å²) in [5, 5.41) is 6.37. The zero-order chi connectivity index (χ0) is 23.8. The van der Waals surface area contributed by atoms with Crippen molar-refractivity contribution in [2.24, 2.45) is 0 Å². The quantitative estimate of drug-likeness (QED) is 0.320. The van der Waals surface area contributed by atoms with Gasteiger partial charge in [-0.25, -0.2) is 4.98 Å². The zero-order valence-electron chi connectivity index (χ0n) is 19.8. The second-order valence-corrected chi connectivity index (χ2v) is 9.75. The van der Waals surface area contributed by atoms with E-state index in [1.165, 1.54) is 0 Å². The van der Waals surface area contributed by atoms with E-state index >= 15 is 0 Å². The van der Waals surface area contributed by atoms with Gasteiger partial charge in [0.1, 0.15) is 5.82 Å². The Balaban J connectivity index is 1.51. The van der Waals surface area contributed by atoms with Crippen LogP contribution in [-0.4, -0.2) is 41.2 Å². The number of hydrogen-bond donors (Lipinski definition) is 3. The summed E-state index contributed by atoms with van der Waals surface area (Å²) in [6.45, 7) is 9.72. The van der Waals surface area contributed by atoms with Gasteiger partial charge in [0.25, 0.3) is 5.91 Å². The lowest BCUT2D eigenvalue weighted by Crippen LogP contribution is -2.43. The Bertz CT molecular complexity index is 1040. The molecule has 33 heavy (non-hydrogen) atoms. The van der Waals surface area contributed by atoms with Gasteiger partial charge in [-0.05, 0) is 70.5 Å². The average molecular weight is 517 g/mol. The topological polar surface area (TPSA) is 88.3 Å². The van der Waals surface area contributed by atoms with Crippen LogP contribution in [0.25, 0.3) is 11.0 Å². The molecular formula is C25H33BrN4O3. The van der Waals surface area contributed by atoms with Gasteiger partial charge in [-0.3, -0.25) is 4.79 Å². The molecule has 0 spiro atoms. The minimum Gasteiger partial charge on any atom is -0.490 e. The number of fused-ring (bicyclic) bond motifs is 1. The van der Waals surface area contributed by atoms with Crippen LogP contribution < -0.4 is 20.1 Å². The fourth-order valence-corrected chi connectivity index (χ4v) is 3.88. The van der Waals surface area contributed by atoms with Gasteiger partial charge < -0.3 is 25.1 Å². The van der Waals surface area contributed by atoms with E-state index in [2.05, 4.69) is 36.5 Å². The number of halogens is 1. The van der Waals surface area contributed by atoms with Crippen molar-refractivity contribution in [3.05, 3.63) is 52.3 Å². The number of carbonyl (C=O) groups excluding carboxylic acids is 1. The highest BCUT2D eigenvalue weighted by atomic mass is 79.9. The molecule has 0 aliphatic carbocycles. The lowest BCUT2D eigenvalue weighted by molar-refractivity contribution is -0.124. The number of benzene rings is 2. The Hall–Kier alpha value is -2.58. The summed E-state index contributed by atoms with van der Waals surface area (Å²) in [5.74, 6) is 2.01. The Labute approximate surface area is 203 Å². The van der Waals surface area contributed by atoms with Gasteiger partial charge >= 0.3 is 0 Å². The highest BCUT2D eigenvalue weighted by molar-refractivity contribution is 9.10. The molecule has 178 valence electrons. The van der Waals surface area contributed by atoms with Crippen LogP contribution in [-0.2, 0) is 17.8 Å². The van der Waals surface area contributed by atoms with Crippen LogP contribution in [0.15, 0.2) is 40.9 Å². The number of hydrogen-bond acceptors (Lipinski definition) is 5. The molecule has 0 bridgehead atoms. The van der Waals surface area contributed by atoms with Crippen molar-refractivity contribution in [2.45, 2.75) is 52.6 Å². The summed E-state index contributed by atoms with van der Waals surface area (Å²) in [6.07, 6.45) is 1.86. The number of para-hydroxylation sites is 2. The molecule has 1 heterocycles. The molecule has 1 amide bonds. The maximum atomic E-state index is 12.1. The van der Waals surface area contributed by atoms with Crippen molar-refractivity contribution < 1.29 is 14.3 Å². The summed E-state index contributed by atoms with van der Waals surface area (Å²) in [5.41, 5.74) is 2.84. The lowest BCUT2D eigenvalue weighted by atomic mass is 10.1. The molecule has 0 unspecified atom stereocenters. The summed E-state index contributed by atoms with van der Waals surface area (Å²) in [7, 11) is 0. The van der Waals surface area contributed by atoms with Crippen LogP contribution in [0.1, 0.15) is 45.5 Å². The van der Waals surface area contributed by atoms with Crippen LogP contribution >= 0.6 is 15.9 Å². The average Bonchev–Trinajstić information content (AvgIpc) is 3.16. The van der Waals surface area contributed by atoms with Gasteiger partial charge in [0.2, 0.25) is 0 Å². The van der Waals surface area contributed by atoms with Crippen molar-refractivity contribution >= 4 is 32.9 Å². The molecule has 0 aliphatic rings. The number of nitrogens with zero attached hydrogens (tertiary/aromatic N) is 1. The minimum atomic E-state index is -0.302. The lowest BCUT2D eigenvalue weighted by Gasteiger charge is -2.21. The van der Waals surface area contributed by atoms with E-state index < -0.39 is 0 Å². The summed E-state index contributed by atoms with van der Waals surface area (Å²) < 4.78 is 12.4. The number of H-pyrrole nitrogens is 1. The van der Waals surface area contributed by atoms with Gasteiger partial charge in [0.15, 0.2) is 18.1 Å². The molecule has 3 N–H and O–H groups in total. The third kappa shape index (κ3) is 7.75. The number of imidazole rings is 1. The molecule has 3 rings (SSSR count). The number of aryl methyl sites for hydroxylation is 1. The van der Waals surface area contributed by atoms with E-state index in [0.717, 1.165) is 46.3 Å². The number of carbonyl (C=O) groups is 1. The van der Waals surface area contributed by atoms with E-state index in [0.29, 0.717) is 24.7 Å². The van der Waals surface area contributed by atoms with E-state index in [1.807, 2.05) is 64.1 Å². The van der Waals surface area contributed by atoms with E-state index in [9.17, 15) is 4.79 Å².